The van der Waals surface area contributed by atoms with E-state index in [4.69, 9.17) is 0 Å². The number of hydrogen-bond acceptors (Lipinski definition) is 4. The van der Waals surface area contributed by atoms with Gasteiger partial charge in [-0.1, -0.05) is 6.92 Å². The van der Waals surface area contributed by atoms with Gasteiger partial charge in [0.15, 0.2) is 0 Å². The van der Waals surface area contributed by atoms with Gasteiger partial charge >= 0.3 is 0 Å². The first-order valence-corrected chi connectivity index (χ1v) is 7.72. The normalized spacial score (nSPS) is 23.8. The lowest BCUT2D eigenvalue weighted by atomic mass is 10.1. The van der Waals surface area contributed by atoms with Crippen molar-refractivity contribution < 1.29 is 4.79 Å². The number of carbonyl (C=O) groups is 1. The van der Waals surface area contributed by atoms with E-state index < -0.39 is 0 Å². The van der Waals surface area contributed by atoms with Crippen molar-refractivity contribution in [3.63, 3.8) is 0 Å². The molecule has 2 fully saturated rings. The lowest BCUT2D eigenvalue weighted by molar-refractivity contribution is -0.122. The van der Waals surface area contributed by atoms with Crippen LogP contribution in [-0.4, -0.2) is 74.1 Å². The molecule has 0 radical (unpaired) electrons. The largest absolute Gasteiger partial charge is 0.352 e. The highest BCUT2D eigenvalue weighted by atomic mass is 35.5. The van der Waals surface area contributed by atoms with Gasteiger partial charge in [0, 0.05) is 51.7 Å². The summed E-state index contributed by atoms with van der Waals surface area (Å²) in [4.78, 5) is 16.8. The van der Waals surface area contributed by atoms with E-state index >= 15 is 0 Å². The van der Waals surface area contributed by atoms with Crippen LogP contribution in [0, 0.1) is 0 Å². The van der Waals surface area contributed by atoms with Crippen molar-refractivity contribution in [3.05, 3.63) is 0 Å². The first kappa shape index (κ1) is 20.9. The Labute approximate surface area is 141 Å². The molecule has 21 heavy (non-hydrogen) atoms. The molecule has 2 heterocycles. The zero-order valence-corrected chi connectivity index (χ0v) is 14.6. The third-order valence-electron chi connectivity index (χ3n) is 4.23. The molecule has 2 saturated heterocycles. The zero-order valence-electron chi connectivity index (χ0n) is 13.0. The fourth-order valence-electron chi connectivity index (χ4n) is 2.86. The van der Waals surface area contributed by atoms with Crippen molar-refractivity contribution in [3.8, 4) is 0 Å². The Morgan fingerprint density at radius 1 is 1.19 bits per heavy atom. The Morgan fingerprint density at radius 2 is 1.86 bits per heavy atom. The zero-order chi connectivity index (χ0) is 13.5. The summed E-state index contributed by atoms with van der Waals surface area (Å²) in [5.41, 5.74) is 0. The van der Waals surface area contributed by atoms with Crippen molar-refractivity contribution in [2.45, 2.75) is 32.2 Å². The molecule has 1 atom stereocenters. The van der Waals surface area contributed by atoms with Crippen LogP contribution < -0.4 is 10.6 Å². The lowest BCUT2D eigenvalue weighted by Crippen LogP contribution is -2.48. The molecule has 0 aromatic carbocycles. The summed E-state index contributed by atoms with van der Waals surface area (Å²) in [5, 5.41) is 6.47. The molecule has 0 aromatic rings. The molecule has 0 bridgehead atoms. The van der Waals surface area contributed by atoms with E-state index in [0.29, 0.717) is 12.5 Å². The first-order chi connectivity index (χ1) is 9.28. The number of piperazine rings is 1. The number of rotatable bonds is 5. The quantitative estimate of drug-likeness (QED) is 0.774. The van der Waals surface area contributed by atoms with Gasteiger partial charge in [-0.25, -0.2) is 0 Å². The first-order valence-electron chi connectivity index (χ1n) is 7.72. The minimum atomic E-state index is 0. The highest BCUT2D eigenvalue weighted by Gasteiger charge is 2.18. The van der Waals surface area contributed by atoms with Gasteiger partial charge in [-0.3, -0.25) is 4.79 Å². The molecule has 126 valence electrons. The number of carbonyl (C=O) groups excluding carboxylic acids is 1. The van der Waals surface area contributed by atoms with E-state index in [1.54, 1.807) is 0 Å². The molecule has 0 saturated carbocycles. The van der Waals surface area contributed by atoms with Crippen molar-refractivity contribution in [1.82, 2.24) is 20.4 Å². The number of nitrogens with zero attached hydrogens (tertiary/aromatic N) is 2. The molecule has 2 N–H and O–H groups in total. The predicted octanol–water partition coefficient (Wildman–Crippen LogP) is 0.726. The molecule has 2 aliphatic rings. The molecule has 0 unspecified atom stereocenters. The summed E-state index contributed by atoms with van der Waals surface area (Å²) in [6.07, 6.45) is 2.93. The molecule has 7 heteroatoms. The smallest absolute Gasteiger partial charge is 0.221 e. The fraction of sp³-hybridized carbons (Fsp3) is 0.929. The van der Waals surface area contributed by atoms with Crippen LogP contribution in [0.5, 0.6) is 0 Å². The molecular weight excluding hydrogens is 311 g/mol. The van der Waals surface area contributed by atoms with Gasteiger partial charge in [0.1, 0.15) is 0 Å². The van der Waals surface area contributed by atoms with Gasteiger partial charge in [0.25, 0.3) is 0 Å². The minimum Gasteiger partial charge on any atom is -0.352 e. The average Bonchev–Trinajstić information content (AvgIpc) is 2.47. The Morgan fingerprint density at radius 3 is 2.43 bits per heavy atom. The Bertz CT molecular complexity index is 280. The summed E-state index contributed by atoms with van der Waals surface area (Å²) < 4.78 is 0. The summed E-state index contributed by atoms with van der Waals surface area (Å²) in [7, 11) is 0. The second-order valence-corrected chi connectivity index (χ2v) is 5.64. The van der Waals surface area contributed by atoms with E-state index in [2.05, 4.69) is 27.4 Å². The third kappa shape index (κ3) is 7.66. The molecule has 2 rings (SSSR count). The fourth-order valence-corrected chi connectivity index (χ4v) is 2.86. The van der Waals surface area contributed by atoms with Crippen LogP contribution >= 0.6 is 24.8 Å². The van der Waals surface area contributed by atoms with Gasteiger partial charge < -0.3 is 20.4 Å². The van der Waals surface area contributed by atoms with Crippen LogP contribution in [0.2, 0.25) is 0 Å². The maximum Gasteiger partial charge on any atom is 0.221 e. The second-order valence-electron chi connectivity index (χ2n) is 5.64. The van der Waals surface area contributed by atoms with Gasteiger partial charge in [-0.15, -0.1) is 24.8 Å². The van der Waals surface area contributed by atoms with Crippen LogP contribution in [0.1, 0.15) is 26.2 Å². The van der Waals surface area contributed by atoms with Gasteiger partial charge in [0.05, 0.1) is 0 Å². The number of piperidine rings is 1. The van der Waals surface area contributed by atoms with Crippen LogP contribution in [-0.2, 0) is 4.79 Å². The number of amides is 1. The number of halogens is 2. The Balaban J connectivity index is 0.00000200. The average molecular weight is 341 g/mol. The van der Waals surface area contributed by atoms with Crippen molar-refractivity contribution in [2.24, 2.45) is 0 Å². The van der Waals surface area contributed by atoms with Crippen molar-refractivity contribution >= 4 is 30.7 Å². The summed E-state index contributed by atoms with van der Waals surface area (Å²) >= 11 is 0. The number of likely N-dealkylation sites (N-methyl/N-ethyl adjacent to an activating group) is 1. The molecule has 0 spiro atoms. The van der Waals surface area contributed by atoms with Crippen molar-refractivity contribution in [2.75, 3.05) is 52.4 Å². The topological polar surface area (TPSA) is 47.6 Å². The molecule has 0 aromatic heterocycles. The maximum absolute atomic E-state index is 11.9. The number of nitrogens with one attached hydrogen (secondary N) is 2. The van der Waals surface area contributed by atoms with Crippen LogP contribution in [0.25, 0.3) is 0 Å². The Hall–Kier alpha value is -0.0700. The summed E-state index contributed by atoms with van der Waals surface area (Å²) in [6.45, 7) is 10.8. The lowest BCUT2D eigenvalue weighted by Gasteiger charge is -2.34. The van der Waals surface area contributed by atoms with E-state index in [-0.39, 0.29) is 30.7 Å². The third-order valence-corrected chi connectivity index (χ3v) is 4.23. The van der Waals surface area contributed by atoms with E-state index in [1.807, 2.05) is 0 Å². The SMILES string of the molecule is CCN1CCN(CCC(=O)N[C@H]2CCCNC2)CC1.Cl.Cl. The maximum atomic E-state index is 11.9. The monoisotopic (exact) mass is 340 g/mol. The van der Waals surface area contributed by atoms with Gasteiger partial charge in [-0.05, 0) is 25.9 Å². The van der Waals surface area contributed by atoms with E-state index in [0.717, 1.165) is 58.8 Å². The predicted molar refractivity (Wildman–Crippen MR) is 91.7 cm³/mol. The summed E-state index contributed by atoms with van der Waals surface area (Å²) in [5.74, 6) is 0.214. The molecular formula is C14H30Cl2N4O. The standard InChI is InChI=1S/C14H28N4O.2ClH/c1-2-17-8-10-18(11-9-17)7-5-14(19)16-13-4-3-6-15-12-13;;/h13,15H,2-12H2,1H3,(H,16,19);2*1H/t13-;;/m0../s1. The highest BCUT2D eigenvalue weighted by Crippen LogP contribution is 2.04. The van der Waals surface area contributed by atoms with Crippen molar-refractivity contribution in [1.29, 1.82) is 0 Å². The van der Waals surface area contributed by atoms with E-state index in [1.165, 1.54) is 6.42 Å². The summed E-state index contributed by atoms with van der Waals surface area (Å²) in [6, 6.07) is 0.346. The van der Waals surface area contributed by atoms with Gasteiger partial charge in [-0.2, -0.15) is 0 Å². The molecule has 2 aliphatic heterocycles. The minimum absolute atomic E-state index is 0. The molecule has 5 nitrogen and oxygen atoms in total. The number of hydrogen-bond donors (Lipinski definition) is 2. The molecule has 0 aliphatic carbocycles. The highest BCUT2D eigenvalue weighted by molar-refractivity contribution is 5.85. The molecule has 1 amide bonds. The second kappa shape index (κ2) is 11.5. The van der Waals surface area contributed by atoms with Crippen LogP contribution in [0.3, 0.4) is 0 Å². The Kier molecular flexibility index (Phi) is 11.5. The van der Waals surface area contributed by atoms with Crippen LogP contribution in [0.15, 0.2) is 0 Å². The van der Waals surface area contributed by atoms with Gasteiger partial charge in [0.2, 0.25) is 5.91 Å². The van der Waals surface area contributed by atoms with Crippen LogP contribution in [0.4, 0.5) is 0 Å². The van der Waals surface area contributed by atoms with E-state index in [9.17, 15) is 4.79 Å².